The van der Waals surface area contributed by atoms with Crippen LogP contribution in [-0.4, -0.2) is 17.1 Å². The van der Waals surface area contributed by atoms with Crippen molar-refractivity contribution in [3.05, 3.63) is 23.5 Å². The fraction of sp³-hybridized carbons (Fsp3) is 0.615. The van der Waals surface area contributed by atoms with Crippen molar-refractivity contribution in [1.82, 2.24) is 10.3 Å². The maximum Gasteiger partial charge on any atom is 0.127 e. The van der Waals surface area contributed by atoms with E-state index in [1.807, 2.05) is 33.0 Å². The average Bonchev–Trinajstić information content (AvgIpc) is 2.99. The minimum absolute atomic E-state index is 0.210. The number of rotatable bonds is 5. The zero-order valence-corrected chi connectivity index (χ0v) is 10.3. The number of aryl methyl sites for hydroxylation is 1. The first-order chi connectivity index (χ1) is 7.65. The van der Waals surface area contributed by atoms with E-state index < -0.39 is 0 Å². The highest BCUT2D eigenvalue weighted by Gasteiger charge is 2.20. The lowest BCUT2D eigenvalue weighted by molar-refractivity contribution is 0.239. The quantitative estimate of drug-likeness (QED) is 0.827. The van der Waals surface area contributed by atoms with Crippen molar-refractivity contribution in [2.45, 2.75) is 52.3 Å². The molecule has 0 unspecified atom stereocenters. The molecule has 16 heavy (non-hydrogen) atoms. The summed E-state index contributed by atoms with van der Waals surface area (Å²) in [4.78, 5) is 4.33. The average molecular weight is 220 g/mol. The van der Waals surface area contributed by atoms with E-state index in [1.54, 1.807) is 0 Å². The van der Waals surface area contributed by atoms with Gasteiger partial charge in [0.15, 0.2) is 0 Å². The first kappa shape index (κ1) is 11.4. The van der Waals surface area contributed by atoms with Crippen LogP contribution in [-0.2, 0) is 6.54 Å². The SMILES string of the molecule is Cc1cc(OC(C)C)c(CNC2CC2)cn1. The number of nitrogens with zero attached hydrogens (tertiary/aromatic N) is 1. The van der Waals surface area contributed by atoms with Crippen LogP contribution in [0.4, 0.5) is 0 Å². The van der Waals surface area contributed by atoms with Crippen LogP contribution >= 0.6 is 0 Å². The van der Waals surface area contributed by atoms with E-state index in [1.165, 1.54) is 12.8 Å². The van der Waals surface area contributed by atoms with Crippen LogP contribution in [0.15, 0.2) is 12.3 Å². The standard InChI is InChI=1S/C13H20N2O/c1-9(2)16-13-6-10(3)14-7-11(13)8-15-12-4-5-12/h6-7,9,12,15H,4-5,8H2,1-3H3. The summed E-state index contributed by atoms with van der Waals surface area (Å²) in [6.45, 7) is 6.95. The molecular weight excluding hydrogens is 200 g/mol. The number of hydrogen-bond donors (Lipinski definition) is 1. The predicted octanol–water partition coefficient (Wildman–Crippen LogP) is 2.43. The van der Waals surface area contributed by atoms with Crippen molar-refractivity contribution in [3.63, 3.8) is 0 Å². The second kappa shape index (κ2) is 4.83. The normalized spacial score (nSPS) is 15.5. The Balaban J connectivity index is 2.06. The van der Waals surface area contributed by atoms with Crippen molar-refractivity contribution in [2.24, 2.45) is 0 Å². The summed E-state index contributed by atoms with van der Waals surface area (Å²) in [6.07, 6.45) is 4.74. The maximum absolute atomic E-state index is 5.80. The molecule has 3 heteroatoms. The Morgan fingerprint density at radius 2 is 2.25 bits per heavy atom. The molecule has 0 saturated heterocycles. The molecule has 3 nitrogen and oxygen atoms in total. The Kier molecular flexibility index (Phi) is 3.44. The topological polar surface area (TPSA) is 34.1 Å². The molecule has 1 N–H and O–H groups in total. The van der Waals surface area contributed by atoms with Crippen molar-refractivity contribution in [3.8, 4) is 5.75 Å². The summed E-state index contributed by atoms with van der Waals surface area (Å²) >= 11 is 0. The molecule has 1 aromatic rings. The van der Waals surface area contributed by atoms with Gasteiger partial charge in [-0.05, 0) is 33.6 Å². The van der Waals surface area contributed by atoms with Crippen LogP contribution in [0.5, 0.6) is 5.75 Å². The molecule has 0 aliphatic heterocycles. The molecule has 1 fully saturated rings. The molecule has 0 atom stereocenters. The van der Waals surface area contributed by atoms with Gasteiger partial charge in [-0.15, -0.1) is 0 Å². The van der Waals surface area contributed by atoms with Crippen molar-refractivity contribution >= 4 is 0 Å². The van der Waals surface area contributed by atoms with Gasteiger partial charge in [0, 0.05) is 36.1 Å². The minimum atomic E-state index is 0.210. The third kappa shape index (κ3) is 3.20. The Morgan fingerprint density at radius 1 is 1.50 bits per heavy atom. The molecule has 1 aliphatic rings. The van der Waals surface area contributed by atoms with Gasteiger partial charge in [0.25, 0.3) is 0 Å². The smallest absolute Gasteiger partial charge is 0.127 e. The Bertz CT molecular complexity index is 359. The van der Waals surface area contributed by atoms with Gasteiger partial charge in [-0.3, -0.25) is 4.98 Å². The highest BCUT2D eigenvalue weighted by atomic mass is 16.5. The maximum atomic E-state index is 5.80. The van der Waals surface area contributed by atoms with Crippen LogP contribution in [0.3, 0.4) is 0 Å². The number of hydrogen-bond acceptors (Lipinski definition) is 3. The van der Waals surface area contributed by atoms with E-state index in [9.17, 15) is 0 Å². The van der Waals surface area contributed by atoms with Crippen molar-refractivity contribution < 1.29 is 4.74 Å². The van der Waals surface area contributed by atoms with Crippen LogP contribution in [0.25, 0.3) is 0 Å². The molecule has 1 aliphatic carbocycles. The van der Waals surface area contributed by atoms with Crippen LogP contribution < -0.4 is 10.1 Å². The lowest BCUT2D eigenvalue weighted by Crippen LogP contribution is -2.17. The monoisotopic (exact) mass is 220 g/mol. The number of nitrogens with one attached hydrogen (secondary N) is 1. The van der Waals surface area contributed by atoms with Crippen LogP contribution in [0.1, 0.15) is 37.9 Å². The van der Waals surface area contributed by atoms with E-state index in [-0.39, 0.29) is 6.10 Å². The van der Waals surface area contributed by atoms with Gasteiger partial charge < -0.3 is 10.1 Å². The zero-order chi connectivity index (χ0) is 11.5. The van der Waals surface area contributed by atoms with Crippen molar-refractivity contribution in [2.75, 3.05) is 0 Å². The Labute approximate surface area is 97.2 Å². The van der Waals surface area contributed by atoms with Gasteiger partial charge in [-0.25, -0.2) is 0 Å². The second-order valence-corrected chi connectivity index (χ2v) is 4.76. The second-order valence-electron chi connectivity index (χ2n) is 4.76. The molecule has 1 aromatic heterocycles. The molecule has 0 bridgehead atoms. The number of aromatic nitrogens is 1. The molecule has 0 radical (unpaired) electrons. The summed E-state index contributed by atoms with van der Waals surface area (Å²) in [5.74, 6) is 0.968. The van der Waals surface area contributed by atoms with Crippen LogP contribution in [0, 0.1) is 6.92 Å². The summed E-state index contributed by atoms with van der Waals surface area (Å²) in [5.41, 5.74) is 2.16. The van der Waals surface area contributed by atoms with Gasteiger partial charge >= 0.3 is 0 Å². The summed E-state index contributed by atoms with van der Waals surface area (Å²) < 4.78 is 5.80. The van der Waals surface area contributed by atoms with Crippen molar-refractivity contribution in [1.29, 1.82) is 0 Å². The molecule has 0 aromatic carbocycles. The molecule has 1 heterocycles. The first-order valence-corrected chi connectivity index (χ1v) is 6.00. The van der Waals surface area contributed by atoms with Gasteiger partial charge in [-0.1, -0.05) is 0 Å². The first-order valence-electron chi connectivity index (χ1n) is 6.00. The number of ether oxygens (including phenoxy) is 1. The number of pyridine rings is 1. The Morgan fingerprint density at radius 3 is 2.88 bits per heavy atom. The summed E-state index contributed by atoms with van der Waals surface area (Å²) in [5, 5.41) is 3.49. The van der Waals surface area contributed by atoms with Gasteiger partial charge in [0.05, 0.1) is 6.10 Å². The highest BCUT2D eigenvalue weighted by molar-refractivity contribution is 5.33. The molecule has 2 rings (SSSR count). The van der Waals surface area contributed by atoms with E-state index >= 15 is 0 Å². The molecular formula is C13H20N2O. The van der Waals surface area contributed by atoms with E-state index in [0.29, 0.717) is 6.04 Å². The fourth-order valence-corrected chi connectivity index (χ4v) is 1.60. The fourth-order valence-electron chi connectivity index (χ4n) is 1.60. The molecule has 0 spiro atoms. The minimum Gasteiger partial charge on any atom is -0.491 e. The molecule has 0 amide bonds. The van der Waals surface area contributed by atoms with Gasteiger partial charge in [0.1, 0.15) is 5.75 Å². The zero-order valence-electron chi connectivity index (χ0n) is 10.3. The van der Waals surface area contributed by atoms with Gasteiger partial charge in [-0.2, -0.15) is 0 Å². The third-order valence-corrected chi connectivity index (χ3v) is 2.60. The lowest BCUT2D eigenvalue weighted by Gasteiger charge is -2.14. The molecule has 1 saturated carbocycles. The lowest BCUT2D eigenvalue weighted by atomic mass is 10.2. The van der Waals surface area contributed by atoms with E-state index in [0.717, 1.165) is 23.6 Å². The Hall–Kier alpha value is -1.09. The van der Waals surface area contributed by atoms with Crippen LogP contribution in [0.2, 0.25) is 0 Å². The highest BCUT2D eigenvalue weighted by Crippen LogP contribution is 2.23. The van der Waals surface area contributed by atoms with E-state index in [2.05, 4.69) is 10.3 Å². The molecule has 88 valence electrons. The third-order valence-electron chi connectivity index (χ3n) is 2.60. The van der Waals surface area contributed by atoms with E-state index in [4.69, 9.17) is 4.74 Å². The largest absolute Gasteiger partial charge is 0.491 e. The van der Waals surface area contributed by atoms with Gasteiger partial charge in [0.2, 0.25) is 0 Å². The summed E-state index contributed by atoms with van der Waals surface area (Å²) in [7, 11) is 0. The summed E-state index contributed by atoms with van der Waals surface area (Å²) in [6, 6.07) is 2.73. The predicted molar refractivity (Wildman–Crippen MR) is 64.6 cm³/mol.